The van der Waals surface area contributed by atoms with Crippen molar-refractivity contribution in [1.29, 1.82) is 0 Å². The van der Waals surface area contributed by atoms with Crippen LogP contribution in [0.25, 0.3) is 16.6 Å². The van der Waals surface area contributed by atoms with Crippen LogP contribution in [0.3, 0.4) is 0 Å². The second kappa shape index (κ2) is 4.72. The number of hydrogen-bond donors (Lipinski definition) is 1. The van der Waals surface area contributed by atoms with E-state index in [4.69, 9.17) is 0 Å². The molecule has 2 aromatic heterocycles. The Labute approximate surface area is 118 Å². The van der Waals surface area contributed by atoms with E-state index in [1.54, 1.807) is 0 Å². The Balaban J connectivity index is 2.14. The molecule has 0 bridgehead atoms. The molecule has 4 heteroatoms. The van der Waals surface area contributed by atoms with Gasteiger partial charge in [0.1, 0.15) is 0 Å². The van der Waals surface area contributed by atoms with E-state index in [0.29, 0.717) is 0 Å². The molecular weight excluding hydrogens is 248 g/mol. The maximum atomic E-state index is 4.35. The van der Waals surface area contributed by atoms with Gasteiger partial charge in [0.2, 0.25) is 0 Å². The Hall–Kier alpha value is -2.20. The summed E-state index contributed by atoms with van der Waals surface area (Å²) in [5.74, 6) is 0. The topological polar surface area (TPSA) is 42.7 Å². The summed E-state index contributed by atoms with van der Waals surface area (Å²) in [6.45, 7) is 4.28. The van der Waals surface area contributed by atoms with Crippen LogP contribution in [0.2, 0.25) is 0 Å². The van der Waals surface area contributed by atoms with E-state index in [0.717, 1.165) is 22.3 Å². The molecule has 0 fully saturated rings. The number of pyridine rings is 1. The van der Waals surface area contributed by atoms with Crippen molar-refractivity contribution in [3.05, 3.63) is 54.7 Å². The van der Waals surface area contributed by atoms with Gasteiger partial charge in [-0.05, 0) is 45.2 Å². The lowest BCUT2D eigenvalue weighted by molar-refractivity contribution is 0.425. The predicted molar refractivity (Wildman–Crippen MR) is 81.0 cm³/mol. The third-order valence-corrected chi connectivity index (χ3v) is 3.77. The van der Waals surface area contributed by atoms with Gasteiger partial charge >= 0.3 is 0 Å². The maximum Gasteiger partial charge on any atom is 0.0994 e. The van der Waals surface area contributed by atoms with Gasteiger partial charge in [-0.2, -0.15) is 0 Å². The fourth-order valence-electron chi connectivity index (χ4n) is 2.30. The molecule has 0 spiro atoms. The lowest BCUT2D eigenvalue weighted by Gasteiger charge is -2.25. The average Bonchev–Trinajstić information content (AvgIpc) is 2.97. The summed E-state index contributed by atoms with van der Waals surface area (Å²) < 4.78 is 2.11. The van der Waals surface area contributed by atoms with E-state index in [2.05, 4.69) is 51.9 Å². The predicted octanol–water partition coefficient (Wildman–Crippen LogP) is 2.88. The highest BCUT2D eigenvalue weighted by atomic mass is 15.1. The Bertz CT molecular complexity index is 743. The minimum absolute atomic E-state index is 0.138. The lowest BCUT2D eigenvalue weighted by atomic mass is 10.0. The quantitative estimate of drug-likeness (QED) is 0.792. The molecule has 0 radical (unpaired) electrons. The van der Waals surface area contributed by atoms with Crippen molar-refractivity contribution in [1.82, 2.24) is 19.9 Å². The summed E-state index contributed by atoms with van der Waals surface area (Å²) in [5.41, 5.74) is 3.09. The SMILES string of the molecule is CNC(C)(C)c1cncn1-c1ccc2ncccc2c1. The number of rotatable bonds is 3. The molecule has 3 aromatic rings. The summed E-state index contributed by atoms with van der Waals surface area (Å²) >= 11 is 0. The molecular formula is C16H18N4. The fourth-order valence-corrected chi connectivity index (χ4v) is 2.30. The summed E-state index contributed by atoms with van der Waals surface area (Å²) in [5, 5.41) is 4.45. The van der Waals surface area contributed by atoms with Crippen molar-refractivity contribution in [2.24, 2.45) is 0 Å². The smallest absolute Gasteiger partial charge is 0.0994 e. The number of aromatic nitrogens is 3. The third kappa shape index (κ3) is 2.08. The molecule has 0 unspecified atom stereocenters. The summed E-state index contributed by atoms with van der Waals surface area (Å²) in [6.07, 6.45) is 5.57. The van der Waals surface area contributed by atoms with Gasteiger partial charge in [-0.3, -0.25) is 4.98 Å². The van der Waals surface area contributed by atoms with Crippen LogP contribution in [-0.4, -0.2) is 21.6 Å². The summed E-state index contributed by atoms with van der Waals surface area (Å²) in [6, 6.07) is 10.3. The van der Waals surface area contributed by atoms with Gasteiger partial charge < -0.3 is 9.88 Å². The van der Waals surface area contributed by atoms with Crippen molar-refractivity contribution in [3.8, 4) is 5.69 Å². The van der Waals surface area contributed by atoms with Crippen LogP contribution in [0.5, 0.6) is 0 Å². The molecule has 1 N–H and O–H groups in total. The van der Waals surface area contributed by atoms with E-state index >= 15 is 0 Å². The Morgan fingerprint density at radius 3 is 2.85 bits per heavy atom. The molecule has 0 aliphatic heterocycles. The highest BCUT2D eigenvalue weighted by Crippen LogP contribution is 2.24. The molecule has 1 aromatic carbocycles. The van der Waals surface area contributed by atoms with Gasteiger partial charge in [0.05, 0.1) is 29.3 Å². The number of benzene rings is 1. The van der Waals surface area contributed by atoms with E-state index in [-0.39, 0.29) is 5.54 Å². The first-order valence-corrected chi connectivity index (χ1v) is 6.69. The van der Waals surface area contributed by atoms with Gasteiger partial charge in [0.15, 0.2) is 0 Å². The molecule has 0 aliphatic carbocycles. The lowest BCUT2D eigenvalue weighted by Crippen LogP contribution is -2.35. The monoisotopic (exact) mass is 266 g/mol. The molecule has 0 saturated heterocycles. The van der Waals surface area contributed by atoms with Gasteiger partial charge in [-0.15, -0.1) is 0 Å². The first-order valence-electron chi connectivity index (χ1n) is 6.69. The second-order valence-corrected chi connectivity index (χ2v) is 5.40. The van der Waals surface area contributed by atoms with E-state index < -0.39 is 0 Å². The van der Waals surface area contributed by atoms with Crippen molar-refractivity contribution >= 4 is 10.9 Å². The van der Waals surface area contributed by atoms with Crippen LogP contribution in [-0.2, 0) is 5.54 Å². The zero-order valence-corrected chi connectivity index (χ0v) is 12.0. The van der Waals surface area contributed by atoms with Gasteiger partial charge in [-0.1, -0.05) is 6.07 Å². The molecule has 4 nitrogen and oxygen atoms in total. The summed E-state index contributed by atoms with van der Waals surface area (Å²) in [7, 11) is 1.96. The maximum absolute atomic E-state index is 4.35. The molecule has 102 valence electrons. The van der Waals surface area contributed by atoms with Crippen molar-refractivity contribution < 1.29 is 0 Å². The number of imidazole rings is 1. The largest absolute Gasteiger partial charge is 0.310 e. The fraction of sp³-hybridized carbons (Fsp3) is 0.250. The van der Waals surface area contributed by atoms with Crippen LogP contribution in [0.4, 0.5) is 0 Å². The Kier molecular flexibility index (Phi) is 3.03. The number of nitrogens with one attached hydrogen (secondary N) is 1. The third-order valence-electron chi connectivity index (χ3n) is 3.77. The molecule has 20 heavy (non-hydrogen) atoms. The van der Waals surface area contributed by atoms with Crippen LogP contribution in [0, 0.1) is 0 Å². The van der Waals surface area contributed by atoms with Gasteiger partial charge in [-0.25, -0.2) is 4.98 Å². The average molecular weight is 266 g/mol. The van der Waals surface area contributed by atoms with Crippen LogP contribution in [0.1, 0.15) is 19.5 Å². The van der Waals surface area contributed by atoms with E-state index in [9.17, 15) is 0 Å². The van der Waals surface area contributed by atoms with E-state index in [1.807, 2.05) is 37.9 Å². The normalized spacial score (nSPS) is 11.9. The van der Waals surface area contributed by atoms with Crippen LogP contribution < -0.4 is 5.32 Å². The van der Waals surface area contributed by atoms with Crippen molar-refractivity contribution in [3.63, 3.8) is 0 Å². The zero-order valence-electron chi connectivity index (χ0n) is 12.0. The second-order valence-electron chi connectivity index (χ2n) is 5.40. The number of hydrogen-bond acceptors (Lipinski definition) is 3. The van der Waals surface area contributed by atoms with Gasteiger partial charge in [0, 0.05) is 17.3 Å². The minimum atomic E-state index is -0.138. The molecule has 0 aliphatic rings. The first kappa shape index (κ1) is 12.8. The minimum Gasteiger partial charge on any atom is -0.310 e. The number of nitrogens with zero attached hydrogens (tertiary/aromatic N) is 3. The Morgan fingerprint density at radius 2 is 2.05 bits per heavy atom. The molecule has 0 saturated carbocycles. The number of fused-ring (bicyclic) bond motifs is 1. The molecule has 2 heterocycles. The van der Waals surface area contributed by atoms with Crippen LogP contribution in [0.15, 0.2) is 49.1 Å². The van der Waals surface area contributed by atoms with E-state index in [1.165, 1.54) is 0 Å². The van der Waals surface area contributed by atoms with Gasteiger partial charge in [0.25, 0.3) is 0 Å². The summed E-state index contributed by atoms with van der Waals surface area (Å²) in [4.78, 5) is 8.65. The van der Waals surface area contributed by atoms with Crippen LogP contribution >= 0.6 is 0 Å². The molecule has 0 atom stereocenters. The highest BCUT2D eigenvalue weighted by molar-refractivity contribution is 5.80. The Morgan fingerprint density at radius 1 is 1.20 bits per heavy atom. The molecule has 3 rings (SSSR count). The van der Waals surface area contributed by atoms with Crippen molar-refractivity contribution in [2.75, 3.05) is 7.05 Å². The standard InChI is InChI=1S/C16H18N4/c1-16(2,17-3)15-10-18-11-20(15)13-6-7-14-12(9-13)5-4-8-19-14/h4-11,17H,1-3H3. The van der Waals surface area contributed by atoms with Crippen molar-refractivity contribution in [2.45, 2.75) is 19.4 Å². The highest BCUT2D eigenvalue weighted by Gasteiger charge is 2.22. The molecule has 0 amide bonds. The first-order chi connectivity index (χ1) is 9.62. The zero-order chi connectivity index (χ0) is 14.2.